The minimum atomic E-state index is -0.480. The zero-order valence-corrected chi connectivity index (χ0v) is 21.3. The third kappa shape index (κ3) is 5.06. The van der Waals surface area contributed by atoms with Gasteiger partial charge in [-0.3, -0.25) is 14.5 Å². The number of ether oxygens (including phenoxy) is 1. The molecule has 0 saturated carbocycles. The van der Waals surface area contributed by atoms with Gasteiger partial charge >= 0.3 is 0 Å². The first-order chi connectivity index (χ1) is 17.1. The Kier molecular flexibility index (Phi) is 8.16. The highest BCUT2D eigenvalue weighted by Crippen LogP contribution is 2.44. The molecular formula is C27H32ClFN4O3. The summed E-state index contributed by atoms with van der Waals surface area (Å²) in [5, 5.41) is 2.77. The van der Waals surface area contributed by atoms with Crippen LogP contribution in [0.2, 0.25) is 0 Å². The predicted molar refractivity (Wildman–Crippen MR) is 140 cm³/mol. The van der Waals surface area contributed by atoms with Gasteiger partial charge < -0.3 is 19.9 Å². The van der Waals surface area contributed by atoms with Gasteiger partial charge in [0.05, 0.1) is 11.4 Å². The maximum atomic E-state index is 14.7. The summed E-state index contributed by atoms with van der Waals surface area (Å²) in [6.45, 7) is 6.68. The minimum absolute atomic E-state index is 0. The second-order valence-electron chi connectivity index (χ2n) is 9.09. The predicted octanol–water partition coefficient (Wildman–Crippen LogP) is 3.87. The third-order valence-electron chi connectivity index (χ3n) is 6.92. The molecule has 0 atom stereocenters. The fourth-order valence-corrected chi connectivity index (χ4v) is 5.13. The van der Waals surface area contributed by atoms with Gasteiger partial charge in [-0.25, -0.2) is 4.39 Å². The molecule has 9 heteroatoms. The van der Waals surface area contributed by atoms with Gasteiger partial charge in [0.1, 0.15) is 29.6 Å². The van der Waals surface area contributed by atoms with Crippen molar-refractivity contribution in [1.82, 2.24) is 10.2 Å². The molecule has 7 nitrogen and oxygen atoms in total. The average molecular weight is 515 g/mol. The van der Waals surface area contributed by atoms with E-state index in [0.29, 0.717) is 36.8 Å². The first-order valence-corrected chi connectivity index (χ1v) is 12.4. The number of amides is 1. The Morgan fingerprint density at radius 2 is 1.83 bits per heavy atom. The van der Waals surface area contributed by atoms with Crippen LogP contribution < -0.4 is 19.9 Å². The van der Waals surface area contributed by atoms with E-state index in [9.17, 15) is 14.0 Å². The molecule has 0 aliphatic carbocycles. The van der Waals surface area contributed by atoms with Crippen molar-refractivity contribution in [2.45, 2.75) is 32.7 Å². The van der Waals surface area contributed by atoms with Gasteiger partial charge in [-0.05, 0) is 51.1 Å². The van der Waals surface area contributed by atoms with Crippen molar-refractivity contribution in [3.05, 3.63) is 65.2 Å². The smallest absolute Gasteiger partial charge is 0.258 e. The van der Waals surface area contributed by atoms with Crippen LogP contribution in [0.3, 0.4) is 0 Å². The summed E-state index contributed by atoms with van der Waals surface area (Å²) < 4.78 is 20.4. The van der Waals surface area contributed by atoms with Crippen LogP contribution in [0.5, 0.6) is 5.75 Å². The number of ketones is 1. The monoisotopic (exact) mass is 514 g/mol. The fraction of sp³-hybridized carbons (Fsp3) is 0.407. The lowest BCUT2D eigenvalue weighted by Gasteiger charge is -2.30. The van der Waals surface area contributed by atoms with E-state index in [4.69, 9.17) is 4.74 Å². The number of rotatable bonds is 8. The van der Waals surface area contributed by atoms with Crippen molar-refractivity contribution in [3.63, 3.8) is 0 Å². The van der Waals surface area contributed by atoms with Crippen molar-refractivity contribution < 1.29 is 18.7 Å². The molecule has 3 aliphatic rings. The maximum Gasteiger partial charge on any atom is 0.258 e. The largest absolute Gasteiger partial charge is 0.492 e. The number of para-hydroxylation sites is 2. The summed E-state index contributed by atoms with van der Waals surface area (Å²) in [6.07, 6.45) is 2.71. The highest BCUT2D eigenvalue weighted by atomic mass is 35.5. The van der Waals surface area contributed by atoms with Crippen LogP contribution >= 0.6 is 12.4 Å². The molecule has 192 valence electrons. The van der Waals surface area contributed by atoms with Gasteiger partial charge in [-0.15, -0.1) is 12.4 Å². The minimum Gasteiger partial charge on any atom is -0.492 e. The number of nitrogens with one attached hydrogen (secondary N) is 1. The Hall–Kier alpha value is -3.10. The van der Waals surface area contributed by atoms with E-state index in [1.807, 2.05) is 41.0 Å². The number of likely N-dealkylation sites (tertiary alicyclic amines) is 1. The lowest BCUT2D eigenvalue weighted by atomic mass is 10.0. The maximum absolute atomic E-state index is 14.7. The summed E-state index contributed by atoms with van der Waals surface area (Å²) in [5.41, 5.74) is 2.46. The van der Waals surface area contributed by atoms with Gasteiger partial charge in [0, 0.05) is 44.2 Å². The molecule has 0 radical (unpaired) electrons. The van der Waals surface area contributed by atoms with Crippen molar-refractivity contribution >= 4 is 35.5 Å². The zero-order chi connectivity index (χ0) is 24.4. The van der Waals surface area contributed by atoms with Gasteiger partial charge in [0.25, 0.3) is 5.91 Å². The van der Waals surface area contributed by atoms with Crippen LogP contribution in [-0.4, -0.2) is 55.9 Å². The van der Waals surface area contributed by atoms with Crippen LogP contribution in [0.15, 0.2) is 53.9 Å². The standard InChI is InChI=1S/C27H31FN4O3.ClH/c1-2-31-22-7-3-4-8-23(22)32-14-11-24(33)25(27(31)32)26(34)29-18-19-9-10-20(17-21(19)28)35-16-15-30-12-5-6-13-30;/h3-4,7-10,17H,2,5-6,11-16,18H2,1H3,(H,29,34);1H. The second-order valence-corrected chi connectivity index (χ2v) is 9.09. The topological polar surface area (TPSA) is 65.1 Å². The lowest BCUT2D eigenvalue weighted by Crippen LogP contribution is -2.42. The van der Waals surface area contributed by atoms with Crippen LogP contribution in [0.1, 0.15) is 31.7 Å². The van der Waals surface area contributed by atoms with Crippen LogP contribution in [-0.2, 0) is 16.1 Å². The van der Waals surface area contributed by atoms with E-state index in [-0.39, 0.29) is 36.7 Å². The Morgan fingerprint density at radius 1 is 1.08 bits per heavy atom. The number of anilines is 2. The van der Waals surface area contributed by atoms with Gasteiger partial charge in [0.2, 0.25) is 0 Å². The van der Waals surface area contributed by atoms with Crippen molar-refractivity contribution in [1.29, 1.82) is 0 Å². The molecule has 3 heterocycles. The number of Topliss-reactive ketones (excluding diaryl/α,β-unsaturated/α-hetero) is 1. The quantitative estimate of drug-likeness (QED) is 0.540. The lowest BCUT2D eigenvalue weighted by molar-refractivity contribution is -0.123. The molecule has 1 saturated heterocycles. The van der Waals surface area contributed by atoms with Gasteiger partial charge in [-0.1, -0.05) is 18.2 Å². The zero-order valence-electron chi connectivity index (χ0n) is 20.5. The molecule has 36 heavy (non-hydrogen) atoms. The van der Waals surface area contributed by atoms with E-state index in [1.165, 1.54) is 18.9 Å². The molecule has 5 rings (SSSR count). The Morgan fingerprint density at radius 3 is 2.56 bits per heavy atom. The SMILES string of the molecule is CCN1C2=C(C(=O)NCc3ccc(OCCN4CCCC4)cc3F)C(=O)CCN2c2ccccc21.Cl. The number of fused-ring (bicyclic) bond motifs is 3. The number of halogens is 2. The normalized spacial score (nSPS) is 17.1. The Balaban J connectivity index is 0.00000304. The van der Waals surface area contributed by atoms with Crippen molar-refractivity contribution in [2.75, 3.05) is 49.1 Å². The Labute approximate surface area is 217 Å². The molecule has 0 spiro atoms. The molecule has 0 aromatic heterocycles. The number of hydrogen-bond acceptors (Lipinski definition) is 6. The molecule has 2 aromatic carbocycles. The summed E-state index contributed by atoms with van der Waals surface area (Å²) >= 11 is 0. The number of hydrogen-bond donors (Lipinski definition) is 1. The molecule has 1 amide bonds. The third-order valence-corrected chi connectivity index (χ3v) is 6.92. The highest BCUT2D eigenvalue weighted by molar-refractivity contribution is 6.22. The van der Waals surface area contributed by atoms with Gasteiger partial charge in [0.15, 0.2) is 5.78 Å². The summed E-state index contributed by atoms with van der Waals surface area (Å²) in [4.78, 5) is 32.4. The number of carbonyl (C=O) groups excluding carboxylic acids is 2. The van der Waals surface area contributed by atoms with Crippen LogP contribution in [0, 0.1) is 5.82 Å². The molecule has 0 bridgehead atoms. The number of nitrogens with zero attached hydrogens (tertiary/aromatic N) is 3. The molecule has 2 aromatic rings. The van der Waals surface area contributed by atoms with Gasteiger partial charge in [-0.2, -0.15) is 0 Å². The molecule has 0 unspecified atom stereocenters. The fourth-order valence-electron chi connectivity index (χ4n) is 5.13. The summed E-state index contributed by atoms with van der Waals surface area (Å²) in [6, 6.07) is 12.6. The molecule has 1 fully saturated rings. The number of benzene rings is 2. The van der Waals surface area contributed by atoms with E-state index >= 15 is 0 Å². The molecule has 3 aliphatic heterocycles. The van der Waals surface area contributed by atoms with Crippen LogP contribution in [0.25, 0.3) is 0 Å². The van der Waals surface area contributed by atoms with E-state index in [1.54, 1.807) is 12.1 Å². The summed E-state index contributed by atoms with van der Waals surface area (Å²) in [7, 11) is 0. The number of carbonyl (C=O) groups is 2. The Bertz CT molecular complexity index is 1150. The second kappa shape index (κ2) is 11.3. The first kappa shape index (κ1) is 26.0. The summed E-state index contributed by atoms with van der Waals surface area (Å²) in [5.74, 6) is -0.0259. The molecule has 1 N–H and O–H groups in total. The first-order valence-electron chi connectivity index (χ1n) is 12.4. The van der Waals surface area contributed by atoms with Crippen molar-refractivity contribution in [2.24, 2.45) is 0 Å². The highest BCUT2D eigenvalue weighted by Gasteiger charge is 2.40. The van der Waals surface area contributed by atoms with Crippen molar-refractivity contribution in [3.8, 4) is 5.75 Å². The van der Waals surface area contributed by atoms with E-state index in [2.05, 4.69) is 10.2 Å². The van der Waals surface area contributed by atoms with E-state index in [0.717, 1.165) is 31.0 Å². The molecular weight excluding hydrogens is 483 g/mol. The van der Waals surface area contributed by atoms with E-state index < -0.39 is 11.7 Å². The average Bonchev–Trinajstić information content (AvgIpc) is 3.49. The van der Waals surface area contributed by atoms with Crippen LogP contribution in [0.4, 0.5) is 15.8 Å².